The van der Waals surface area contributed by atoms with Gasteiger partial charge in [-0.2, -0.15) is 25.9 Å². The van der Waals surface area contributed by atoms with Crippen molar-refractivity contribution in [3.63, 3.8) is 0 Å². The number of halogens is 6. The molecular weight excluding hydrogens is 635 g/mol. The molecule has 43 heavy (non-hydrogen) atoms. The van der Waals surface area contributed by atoms with Gasteiger partial charge in [0, 0.05) is 64.2 Å². The summed E-state index contributed by atoms with van der Waals surface area (Å²) in [5.74, 6) is -1.53. The smallest absolute Gasteiger partial charge is 0.340 e. The number of unbranched alkanes of at least 4 members (excludes halogenated alkanes) is 1. The summed E-state index contributed by atoms with van der Waals surface area (Å²) in [5, 5.41) is 0.758. The first-order valence-corrected chi connectivity index (χ1v) is 16.0. The van der Waals surface area contributed by atoms with Crippen LogP contribution < -0.4 is 0 Å². The number of likely N-dealkylation sites (tertiary alicyclic amines) is 1. The molecule has 1 amide bonds. The minimum atomic E-state index is -4.78. The van der Waals surface area contributed by atoms with Crippen LogP contribution in [-0.4, -0.2) is 96.8 Å². The van der Waals surface area contributed by atoms with Crippen LogP contribution >= 0.6 is 23.2 Å². The summed E-state index contributed by atoms with van der Waals surface area (Å²) >= 11 is 12.4. The molecule has 2 aromatic rings. The zero-order valence-corrected chi connectivity index (χ0v) is 25.9. The average Bonchev–Trinajstić information content (AvgIpc) is 3.38. The van der Waals surface area contributed by atoms with E-state index >= 15 is 0 Å². The maximum Gasteiger partial charge on any atom is 0.419 e. The highest BCUT2D eigenvalue weighted by atomic mass is 35.5. The Morgan fingerprint density at radius 1 is 1.02 bits per heavy atom. The number of hydrogen-bond donors (Lipinski definition) is 1. The number of nitrogens with zero attached hydrogens (tertiary/aromatic N) is 4. The molecule has 0 spiro atoms. The Kier molecular flexibility index (Phi) is 11.0. The second-order valence-corrected chi connectivity index (χ2v) is 13.3. The number of benzene rings is 2. The molecule has 1 N–H and O–H groups in total. The summed E-state index contributed by atoms with van der Waals surface area (Å²) in [6, 6.07) is 7.96. The van der Waals surface area contributed by atoms with Crippen LogP contribution in [-0.2, 0) is 27.8 Å². The topological polar surface area (TPSA) is 84.4 Å². The van der Waals surface area contributed by atoms with Gasteiger partial charge in [0.05, 0.1) is 15.6 Å². The van der Waals surface area contributed by atoms with E-state index in [0.29, 0.717) is 61.2 Å². The van der Waals surface area contributed by atoms with Gasteiger partial charge >= 0.3 is 16.5 Å². The maximum atomic E-state index is 14.2. The van der Waals surface area contributed by atoms with Crippen molar-refractivity contribution in [2.45, 2.75) is 43.9 Å². The highest BCUT2D eigenvalue weighted by Crippen LogP contribution is 2.36. The quantitative estimate of drug-likeness (QED) is 0.214. The van der Waals surface area contributed by atoms with Crippen molar-refractivity contribution in [2.24, 2.45) is 0 Å². The van der Waals surface area contributed by atoms with Crippen LogP contribution in [0.2, 0.25) is 10.0 Å². The Morgan fingerprint density at radius 3 is 2.33 bits per heavy atom. The molecule has 0 saturated carbocycles. The number of likely N-dealkylation sites (N-methyl/N-ethyl adjacent to an activating group) is 1. The molecule has 2 aromatic carbocycles. The van der Waals surface area contributed by atoms with E-state index in [1.807, 2.05) is 11.0 Å². The van der Waals surface area contributed by atoms with Crippen molar-refractivity contribution < 1.29 is 35.3 Å². The molecule has 0 bridgehead atoms. The average molecular weight is 670 g/mol. The van der Waals surface area contributed by atoms with E-state index in [1.54, 1.807) is 24.1 Å². The number of piperazine rings is 1. The number of alkyl halides is 3. The Labute approximate surface area is 259 Å². The molecule has 2 aliphatic heterocycles. The van der Waals surface area contributed by atoms with Crippen molar-refractivity contribution >= 4 is 39.4 Å². The van der Waals surface area contributed by atoms with Crippen molar-refractivity contribution in [3.05, 3.63) is 69.0 Å². The number of amides is 1. The minimum Gasteiger partial charge on any atom is -0.340 e. The zero-order chi connectivity index (χ0) is 31.5. The molecule has 15 heteroatoms. The fourth-order valence-corrected chi connectivity index (χ4v) is 6.68. The Bertz CT molecular complexity index is 1410. The lowest BCUT2D eigenvalue weighted by Crippen LogP contribution is -2.48. The Morgan fingerprint density at radius 2 is 1.72 bits per heavy atom. The van der Waals surface area contributed by atoms with E-state index < -0.39 is 27.9 Å². The van der Waals surface area contributed by atoms with Gasteiger partial charge in [0.25, 0.3) is 0 Å². The van der Waals surface area contributed by atoms with Crippen molar-refractivity contribution in [2.75, 3.05) is 52.9 Å². The van der Waals surface area contributed by atoms with Gasteiger partial charge < -0.3 is 9.80 Å². The lowest BCUT2D eigenvalue weighted by molar-refractivity contribution is -0.140. The highest BCUT2D eigenvalue weighted by Gasteiger charge is 2.39. The molecule has 8 nitrogen and oxygen atoms in total. The summed E-state index contributed by atoms with van der Waals surface area (Å²) < 4.78 is 86.1. The van der Waals surface area contributed by atoms with E-state index in [9.17, 15) is 30.8 Å². The number of carbonyl (C=O) groups is 1. The third-order valence-corrected chi connectivity index (χ3v) is 9.88. The molecule has 0 radical (unpaired) electrons. The summed E-state index contributed by atoms with van der Waals surface area (Å²) in [7, 11) is -2.39. The number of carbonyl (C=O) groups excluding carboxylic acids is 1. The number of rotatable bonds is 10. The molecule has 2 atom stereocenters. The Balaban J connectivity index is 1.37. The molecule has 2 fully saturated rings. The van der Waals surface area contributed by atoms with Crippen molar-refractivity contribution in [1.29, 1.82) is 0 Å². The number of hydrogen-bond acceptors (Lipinski definition) is 5. The van der Waals surface area contributed by atoms with Crippen LogP contribution in [0.4, 0.5) is 17.6 Å². The first-order chi connectivity index (χ1) is 20.1. The summed E-state index contributed by atoms with van der Waals surface area (Å²) in [6.07, 6.45) is -3.08. The highest BCUT2D eigenvalue weighted by molar-refractivity contribution is 7.83. The van der Waals surface area contributed by atoms with Gasteiger partial charge in [-0.05, 0) is 61.8 Å². The lowest BCUT2D eigenvalue weighted by atomic mass is 9.93. The van der Waals surface area contributed by atoms with Crippen LogP contribution in [0.3, 0.4) is 0 Å². The molecule has 0 aromatic heterocycles. The van der Waals surface area contributed by atoms with Gasteiger partial charge in [0.2, 0.25) is 5.91 Å². The van der Waals surface area contributed by atoms with E-state index in [1.165, 1.54) is 6.07 Å². The van der Waals surface area contributed by atoms with Crippen LogP contribution in [0.5, 0.6) is 0 Å². The minimum absolute atomic E-state index is 0.0299. The molecule has 0 aliphatic carbocycles. The van der Waals surface area contributed by atoms with Crippen molar-refractivity contribution in [1.82, 2.24) is 19.0 Å². The monoisotopic (exact) mass is 668 g/mol. The predicted molar refractivity (Wildman–Crippen MR) is 156 cm³/mol. The van der Waals surface area contributed by atoms with Crippen LogP contribution in [0.25, 0.3) is 0 Å². The van der Waals surface area contributed by atoms with E-state index in [0.717, 1.165) is 28.4 Å². The standard InChI is InChI=1S/C28H34Cl2F4N4O4S/c1-35(16-19-5-7-22(25(31)14-19)28(32,33)34)26-18-37(17-21(26)20-6-8-23(29)24(30)15-20)27(39)4-2-3-9-36-10-12-38(13-11-36)43(40,41)42/h5-8,14-15,21,26H,2-4,9-13,16-18H2,1H3,(H,40,41,42). The normalized spacial score (nSPS) is 20.7. The molecule has 2 saturated heterocycles. The van der Waals surface area contributed by atoms with Gasteiger partial charge in [-0.25, -0.2) is 4.39 Å². The fourth-order valence-electron chi connectivity index (χ4n) is 5.75. The molecule has 4 rings (SSSR count). The third-order valence-electron chi connectivity index (χ3n) is 8.12. The molecular formula is C28H34Cl2F4N4O4S. The summed E-state index contributed by atoms with van der Waals surface area (Å²) in [5.41, 5.74) is -0.0714. The second kappa shape index (κ2) is 14.0. The summed E-state index contributed by atoms with van der Waals surface area (Å²) in [6.45, 7) is 3.10. The van der Waals surface area contributed by atoms with Gasteiger partial charge in [0.15, 0.2) is 0 Å². The maximum absolute atomic E-state index is 14.2. The SMILES string of the molecule is CN(Cc1ccc(C(F)(F)F)c(F)c1)C1CN(C(=O)CCCCN2CCN(S(=O)(=O)O)CC2)CC1c1ccc(Cl)c(Cl)c1. The predicted octanol–water partition coefficient (Wildman–Crippen LogP) is 5.17. The molecule has 2 heterocycles. The van der Waals surface area contributed by atoms with E-state index in [2.05, 4.69) is 4.90 Å². The van der Waals surface area contributed by atoms with Gasteiger partial charge in [-0.3, -0.25) is 14.2 Å². The van der Waals surface area contributed by atoms with E-state index in [-0.39, 0.29) is 37.5 Å². The van der Waals surface area contributed by atoms with Gasteiger partial charge in [-0.1, -0.05) is 35.3 Å². The first kappa shape index (κ1) is 33.9. The largest absolute Gasteiger partial charge is 0.419 e. The fraction of sp³-hybridized carbons (Fsp3) is 0.536. The second-order valence-electron chi connectivity index (χ2n) is 11.0. The van der Waals surface area contributed by atoms with Crippen LogP contribution in [0.1, 0.15) is 41.9 Å². The lowest BCUT2D eigenvalue weighted by Gasteiger charge is -2.32. The zero-order valence-electron chi connectivity index (χ0n) is 23.5. The van der Waals surface area contributed by atoms with Gasteiger partial charge in [0.1, 0.15) is 5.82 Å². The Hall–Kier alpha value is -2.00. The van der Waals surface area contributed by atoms with E-state index in [4.69, 9.17) is 27.8 Å². The van der Waals surface area contributed by atoms with Crippen LogP contribution in [0, 0.1) is 5.82 Å². The van der Waals surface area contributed by atoms with Gasteiger partial charge in [-0.15, -0.1) is 0 Å². The summed E-state index contributed by atoms with van der Waals surface area (Å²) in [4.78, 5) is 19.0. The third kappa shape index (κ3) is 8.80. The first-order valence-electron chi connectivity index (χ1n) is 13.9. The molecule has 2 unspecified atom stereocenters. The molecule has 2 aliphatic rings. The molecule has 238 valence electrons. The van der Waals surface area contributed by atoms with Crippen molar-refractivity contribution in [3.8, 4) is 0 Å². The van der Waals surface area contributed by atoms with Crippen LogP contribution in [0.15, 0.2) is 36.4 Å².